The Bertz CT molecular complexity index is 635. The number of amides is 1. The Morgan fingerprint density at radius 2 is 1.86 bits per heavy atom. The third-order valence-electron chi connectivity index (χ3n) is 3.89. The molecule has 0 spiro atoms. The smallest absolute Gasteiger partial charge is 0.243 e. The van der Waals surface area contributed by atoms with Gasteiger partial charge in [-0.3, -0.25) is 4.79 Å². The van der Waals surface area contributed by atoms with Gasteiger partial charge in [-0.05, 0) is 38.5 Å². The lowest BCUT2D eigenvalue weighted by Gasteiger charge is -2.20. The highest BCUT2D eigenvalue weighted by molar-refractivity contribution is 5.85. The number of methoxy groups -OCH3 is 1. The molecule has 1 aromatic rings. The first-order valence-electron chi connectivity index (χ1n) is 9.56. The predicted molar refractivity (Wildman–Crippen MR) is 111 cm³/mol. The summed E-state index contributed by atoms with van der Waals surface area (Å²) < 4.78 is 16.4. The Hall–Kier alpha value is -2.48. The molecule has 0 aliphatic heterocycles. The fraction of sp³-hybridized carbons (Fsp3) is 0.600. The normalized spacial score (nSPS) is 12.3. The van der Waals surface area contributed by atoms with Gasteiger partial charge in [0.05, 0.1) is 25.9 Å². The van der Waals surface area contributed by atoms with Crippen LogP contribution >= 0.6 is 0 Å². The topological polar surface area (TPSA) is 84.4 Å². The van der Waals surface area contributed by atoms with Crippen molar-refractivity contribution in [2.75, 3.05) is 54.1 Å². The van der Waals surface area contributed by atoms with Crippen LogP contribution in [-0.4, -0.2) is 70.9 Å². The van der Waals surface area contributed by atoms with Gasteiger partial charge in [0, 0.05) is 27.7 Å². The molecular weight excluding hydrogens is 360 g/mol. The summed E-state index contributed by atoms with van der Waals surface area (Å²) in [4.78, 5) is 17.8. The maximum Gasteiger partial charge on any atom is 0.243 e. The molecule has 0 saturated carbocycles. The molecule has 0 aromatic heterocycles. The van der Waals surface area contributed by atoms with Crippen LogP contribution in [0.15, 0.2) is 23.2 Å². The third kappa shape index (κ3) is 8.04. The average molecular weight is 395 g/mol. The van der Waals surface area contributed by atoms with E-state index in [1.54, 1.807) is 21.2 Å². The zero-order chi connectivity index (χ0) is 20.9. The molecular formula is C20H34N4O4. The van der Waals surface area contributed by atoms with Crippen molar-refractivity contribution >= 4 is 11.9 Å². The summed E-state index contributed by atoms with van der Waals surface area (Å²) in [6, 6.07) is 5.80. The van der Waals surface area contributed by atoms with Crippen LogP contribution < -0.4 is 20.1 Å². The Kier molecular flexibility index (Phi) is 10.8. The molecule has 1 rings (SSSR count). The number of carbonyl (C=O) groups is 1. The minimum Gasteiger partial charge on any atom is -0.490 e. The fourth-order valence-electron chi connectivity index (χ4n) is 2.34. The van der Waals surface area contributed by atoms with E-state index in [-0.39, 0.29) is 18.5 Å². The number of aliphatic imine (C=N–C) groups is 1. The Balaban J connectivity index is 2.92. The van der Waals surface area contributed by atoms with Gasteiger partial charge in [-0.25, -0.2) is 4.99 Å². The van der Waals surface area contributed by atoms with Gasteiger partial charge in [0.2, 0.25) is 5.91 Å². The molecule has 1 atom stereocenters. The van der Waals surface area contributed by atoms with Crippen LogP contribution in [0.5, 0.6) is 11.5 Å². The zero-order valence-corrected chi connectivity index (χ0v) is 17.9. The van der Waals surface area contributed by atoms with Crippen molar-refractivity contribution < 1.29 is 19.0 Å². The van der Waals surface area contributed by atoms with Crippen molar-refractivity contribution in [1.29, 1.82) is 0 Å². The van der Waals surface area contributed by atoms with Gasteiger partial charge in [-0.2, -0.15) is 0 Å². The second-order valence-electron chi connectivity index (χ2n) is 6.31. The lowest BCUT2D eigenvalue weighted by atomic mass is 10.1. The number of hydrogen-bond donors (Lipinski definition) is 2. The standard InChI is InChI=1S/C20H34N4O4/c1-7-27-17-10-9-16(13-18(17)28-8-2)15(3)23-20(21-11-12-26-6)22-14-19(25)24(4)5/h9-10,13,15H,7-8,11-12,14H2,1-6H3,(H2,21,22,23). The molecule has 1 amide bonds. The van der Waals surface area contributed by atoms with E-state index in [9.17, 15) is 4.79 Å². The minimum absolute atomic E-state index is 0.0573. The SMILES string of the molecule is CCOc1ccc(C(C)NC(=NCC(=O)N(C)C)NCCOC)cc1OCC. The summed E-state index contributed by atoms with van der Waals surface area (Å²) in [5.41, 5.74) is 1.02. The van der Waals surface area contributed by atoms with Gasteiger partial charge in [0.25, 0.3) is 0 Å². The van der Waals surface area contributed by atoms with Crippen LogP contribution in [-0.2, 0) is 9.53 Å². The van der Waals surface area contributed by atoms with E-state index in [4.69, 9.17) is 14.2 Å². The van der Waals surface area contributed by atoms with E-state index >= 15 is 0 Å². The molecule has 2 N–H and O–H groups in total. The van der Waals surface area contributed by atoms with Gasteiger partial charge in [-0.1, -0.05) is 6.07 Å². The van der Waals surface area contributed by atoms with Crippen LogP contribution in [0.25, 0.3) is 0 Å². The molecule has 0 aliphatic rings. The number of likely N-dealkylation sites (N-methyl/N-ethyl adjacent to an activating group) is 1. The van der Waals surface area contributed by atoms with Gasteiger partial charge >= 0.3 is 0 Å². The number of benzene rings is 1. The fourth-order valence-corrected chi connectivity index (χ4v) is 2.34. The van der Waals surface area contributed by atoms with Crippen LogP contribution in [0.2, 0.25) is 0 Å². The molecule has 158 valence electrons. The quantitative estimate of drug-likeness (QED) is 0.338. The minimum atomic E-state index is -0.0693. The van der Waals surface area contributed by atoms with E-state index in [1.807, 2.05) is 39.0 Å². The number of nitrogens with one attached hydrogen (secondary N) is 2. The van der Waals surface area contributed by atoms with Gasteiger partial charge < -0.3 is 29.7 Å². The molecule has 0 bridgehead atoms. The number of nitrogens with zero attached hydrogens (tertiary/aromatic N) is 2. The Morgan fingerprint density at radius 3 is 2.46 bits per heavy atom. The summed E-state index contributed by atoms with van der Waals surface area (Å²) in [5, 5.41) is 6.50. The monoisotopic (exact) mass is 394 g/mol. The molecule has 0 saturated heterocycles. The molecule has 0 fully saturated rings. The first kappa shape index (κ1) is 23.6. The summed E-state index contributed by atoms with van der Waals surface area (Å²) in [5.74, 6) is 1.92. The maximum absolute atomic E-state index is 11.9. The summed E-state index contributed by atoms with van der Waals surface area (Å²) in [6.07, 6.45) is 0. The van der Waals surface area contributed by atoms with E-state index < -0.39 is 0 Å². The van der Waals surface area contributed by atoms with E-state index in [0.717, 1.165) is 11.3 Å². The highest BCUT2D eigenvalue weighted by Crippen LogP contribution is 2.30. The molecule has 8 heteroatoms. The second kappa shape index (κ2) is 12.8. The molecule has 0 radical (unpaired) electrons. The largest absolute Gasteiger partial charge is 0.490 e. The molecule has 8 nitrogen and oxygen atoms in total. The summed E-state index contributed by atoms with van der Waals surface area (Å²) >= 11 is 0. The molecule has 28 heavy (non-hydrogen) atoms. The predicted octanol–water partition coefficient (Wildman–Crippen LogP) is 1.81. The maximum atomic E-state index is 11.9. The highest BCUT2D eigenvalue weighted by atomic mass is 16.5. The number of rotatable bonds is 11. The number of guanidine groups is 1. The molecule has 0 aliphatic carbocycles. The van der Waals surface area contributed by atoms with Gasteiger partial charge in [-0.15, -0.1) is 0 Å². The third-order valence-corrected chi connectivity index (χ3v) is 3.89. The Labute approximate surface area is 168 Å². The molecule has 1 unspecified atom stereocenters. The summed E-state index contributed by atoms with van der Waals surface area (Å²) in [7, 11) is 5.06. The van der Waals surface area contributed by atoms with Crippen molar-refractivity contribution in [3.8, 4) is 11.5 Å². The van der Waals surface area contributed by atoms with Crippen LogP contribution in [0.4, 0.5) is 0 Å². The van der Waals surface area contributed by atoms with Crippen molar-refractivity contribution in [2.24, 2.45) is 4.99 Å². The molecule has 0 heterocycles. The zero-order valence-electron chi connectivity index (χ0n) is 17.9. The van der Waals surface area contributed by atoms with E-state index in [0.29, 0.717) is 38.1 Å². The van der Waals surface area contributed by atoms with Crippen LogP contribution in [0, 0.1) is 0 Å². The first-order chi connectivity index (χ1) is 13.4. The number of ether oxygens (including phenoxy) is 3. The summed E-state index contributed by atoms with van der Waals surface area (Å²) in [6.45, 7) is 8.22. The van der Waals surface area contributed by atoms with Crippen molar-refractivity contribution in [3.63, 3.8) is 0 Å². The number of hydrogen-bond acceptors (Lipinski definition) is 5. The average Bonchev–Trinajstić information content (AvgIpc) is 2.67. The van der Waals surface area contributed by atoms with Crippen LogP contribution in [0.3, 0.4) is 0 Å². The van der Waals surface area contributed by atoms with Crippen molar-refractivity contribution in [1.82, 2.24) is 15.5 Å². The lowest BCUT2D eigenvalue weighted by molar-refractivity contribution is -0.127. The van der Waals surface area contributed by atoms with Crippen molar-refractivity contribution in [3.05, 3.63) is 23.8 Å². The van der Waals surface area contributed by atoms with E-state index in [2.05, 4.69) is 15.6 Å². The van der Waals surface area contributed by atoms with Crippen molar-refractivity contribution in [2.45, 2.75) is 26.8 Å². The van der Waals surface area contributed by atoms with E-state index in [1.165, 1.54) is 4.90 Å². The van der Waals surface area contributed by atoms with Gasteiger partial charge in [0.15, 0.2) is 17.5 Å². The number of carbonyl (C=O) groups excluding carboxylic acids is 1. The first-order valence-corrected chi connectivity index (χ1v) is 9.56. The van der Waals surface area contributed by atoms with Gasteiger partial charge in [0.1, 0.15) is 6.54 Å². The highest BCUT2D eigenvalue weighted by Gasteiger charge is 2.13. The lowest BCUT2D eigenvalue weighted by Crippen LogP contribution is -2.41. The second-order valence-corrected chi connectivity index (χ2v) is 6.31. The Morgan fingerprint density at radius 1 is 1.18 bits per heavy atom. The van der Waals surface area contributed by atoms with Crippen LogP contribution in [0.1, 0.15) is 32.4 Å². The molecule has 1 aromatic carbocycles.